The number of benzene rings is 1. The summed E-state index contributed by atoms with van der Waals surface area (Å²) in [6.45, 7) is 4.19. The first-order valence-corrected chi connectivity index (χ1v) is 10.3. The molecule has 1 aromatic carbocycles. The lowest BCUT2D eigenvalue weighted by Gasteiger charge is -2.06. The summed E-state index contributed by atoms with van der Waals surface area (Å²) >= 11 is 14.5. The Bertz CT molecular complexity index is 763. The molecular formula is C12H13Cl2N3O2S3. The number of hydrogen-bond donors (Lipinski definition) is 1. The Kier molecular flexibility index (Phi) is 5.95. The molecule has 0 fully saturated rings. The predicted molar refractivity (Wildman–Crippen MR) is 92.7 cm³/mol. The number of nitrogens with one attached hydrogen (secondary N) is 1. The van der Waals surface area contributed by atoms with Gasteiger partial charge in [-0.05, 0) is 24.1 Å². The van der Waals surface area contributed by atoms with E-state index in [9.17, 15) is 8.42 Å². The van der Waals surface area contributed by atoms with Crippen LogP contribution < -0.4 is 4.72 Å². The molecule has 10 heteroatoms. The normalized spacial score (nSPS) is 11.9. The van der Waals surface area contributed by atoms with E-state index < -0.39 is 10.0 Å². The molecule has 2 aromatic rings. The highest BCUT2D eigenvalue weighted by molar-refractivity contribution is 8.01. The van der Waals surface area contributed by atoms with Gasteiger partial charge in [-0.3, -0.25) is 4.72 Å². The van der Waals surface area contributed by atoms with E-state index in [1.165, 1.54) is 41.3 Å². The van der Waals surface area contributed by atoms with Crippen LogP contribution in [0.1, 0.15) is 13.8 Å². The number of sulfonamides is 1. The van der Waals surface area contributed by atoms with Gasteiger partial charge in [-0.15, -0.1) is 10.2 Å². The van der Waals surface area contributed by atoms with E-state index in [1.807, 2.05) is 0 Å². The van der Waals surface area contributed by atoms with Gasteiger partial charge in [-0.25, -0.2) is 8.42 Å². The van der Waals surface area contributed by atoms with Crippen molar-refractivity contribution in [2.45, 2.75) is 23.1 Å². The first-order valence-electron chi connectivity index (χ1n) is 6.22. The standard InChI is InChI=1S/C12H13Cl2N3O2S3/c1-7(2)6-20-12-16-15-11(21-12)17-22(18,19)10-5-8(13)3-4-9(10)14/h3-5,7H,6H2,1-2H3,(H,15,17). The molecule has 0 saturated carbocycles. The van der Waals surface area contributed by atoms with Gasteiger partial charge in [0.15, 0.2) is 4.34 Å². The lowest BCUT2D eigenvalue weighted by molar-refractivity contribution is 0.601. The summed E-state index contributed by atoms with van der Waals surface area (Å²) in [5.41, 5.74) is 0. The molecule has 0 aliphatic heterocycles. The average Bonchev–Trinajstić information content (AvgIpc) is 2.86. The minimum absolute atomic E-state index is 0.0896. The van der Waals surface area contributed by atoms with Crippen molar-refractivity contribution in [2.24, 2.45) is 5.92 Å². The van der Waals surface area contributed by atoms with Gasteiger partial charge in [0.25, 0.3) is 10.0 Å². The highest BCUT2D eigenvalue weighted by Crippen LogP contribution is 2.30. The van der Waals surface area contributed by atoms with E-state index in [-0.39, 0.29) is 20.1 Å². The number of hydrogen-bond acceptors (Lipinski definition) is 6. The molecule has 120 valence electrons. The summed E-state index contributed by atoms with van der Waals surface area (Å²) in [7, 11) is -3.85. The van der Waals surface area contributed by atoms with Crippen LogP contribution >= 0.6 is 46.3 Å². The van der Waals surface area contributed by atoms with Crippen molar-refractivity contribution in [3.63, 3.8) is 0 Å². The molecule has 5 nitrogen and oxygen atoms in total. The third-order valence-corrected chi connectivity index (χ3v) is 6.93. The molecule has 0 atom stereocenters. The Morgan fingerprint density at radius 2 is 2.05 bits per heavy atom. The van der Waals surface area contributed by atoms with E-state index in [1.54, 1.807) is 0 Å². The maximum absolute atomic E-state index is 12.3. The predicted octanol–water partition coefficient (Wildman–Crippen LogP) is 4.39. The minimum Gasteiger partial charge on any atom is -0.253 e. The van der Waals surface area contributed by atoms with E-state index in [0.717, 1.165) is 5.75 Å². The molecule has 0 spiro atoms. The van der Waals surface area contributed by atoms with Crippen molar-refractivity contribution in [3.05, 3.63) is 28.2 Å². The highest BCUT2D eigenvalue weighted by Gasteiger charge is 2.20. The second kappa shape index (κ2) is 7.35. The Hall–Kier alpha value is -0.540. The van der Waals surface area contributed by atoms with Crippen LogP contribution in [0.25, 0.3) is 0 Å². The van der Waals surface area contributed by atoms with Gasteiger partial charge in [0.1, 0.15) is 4.90 Å². The summed E-state index contributed by atoms with van der Waals surface area (Å²) in [4.78, 5) is -0.0896. The van der Waals surface area contributed by atoms with Crippen molar-refractivity contribution in [2.75, 3.05) is 10.5 Å². The second-order valence-corrected chi connectivity index (χ2v) is 9.50. The van der Waals surface area contributed by atoms with Crippen LogP contribution in [0.15, 0.2) is 27.4 Å². The van der Waals surface area contributed by atoms with Crippen LogP contribution in [-0.2, 0) is 10.0 Å². The molecule has 0 saturated heterocycles. The molecule has 0 aliphatic carbocycles. The van der Waals surface area contributed by atoms with Gasteiger partial charge in [-0.2, -0.15) is 0 Å². The Morgan fingerprint density at radius 3 is 2.73 bits per heavy atom. The van der Waals surface area contributed by atoms with Crippen LogP contribution in [0.4, 0.5) is 5.13 Å². The van der Waals surface area contributed by atoms with E-state index in [0.29, 0.717) is 10.3 Å². The van der Waals surface area contributed by atoms with Gasteiger partial charge in [0.2, 0.25) is 5.13 Å². The Morgan fingerprint density at radius 1 is 1.32 bits per heavy atom. The van der Waals surface area contributed by atoms with E-state index in [4.69, 9.17) is 23.2 Å². The zero-order chi connectivity index (χ0) is 16.3. The van der Waals surface area contributed by atoms with Crippen LogP contribution in [-0.4, -0.2) is 24.4 Å². The number of aromatic nitrogens is 2. The number of rotatable bonds is 6. The van der Waals surface area contributed by atoms with Crippen molar-refractivity contribution < 1.29 is 8.42 Å². The quantitative estimate of drug-likeness (QED) is 0.731. The van der Waals surface area contributed by atoms with Crippen LogP contribution in [0.5, 0.6) is 0 Å². The third-order valence-electron chi connectivity index (χ3n) is 2.35. The fourth-order valence-electron chi connectivity index (χ4n) is 1.40. The number of nitrogens with zero attached hydrogens (tertiary/aromatic N) is 2. The van der Waals surface area contributed by atoms with Crippen LogP contribution in [0.3, 0.4) is 0 Å². The van der Waals surface area contributed by atoms with Crippen LogP contribution in [0, 0.1) is 5.92 Å². The van der Waals surface area contributed by atoms with Gasteiger partial charge in [0, 0.05) is 10.8 Å². The van der Waals surface area contributed by atoms with Crippen molar-refractivity contribution in [1.29, 1.82) is 0 Å². The van der Waals surface area contributed by atoms with Gasteiger partial charge >= 0.3 is 0 Å². The fraction of sp³-hybridized carbons (Fsp3) is 0.333. The SMILES string of the molecule is CC(C)CSc1nnc(NS(=O)(=O)c2cc(Cl)ccc2Cl)s1. The third kappa shape index (κ3) is 4.73. The minimum atomic E-state index is -3.85. The zero-order valence-corrected chi connectivity index (χ0v) is 15.7. The molecule has 0 amide bonds. The van der Waals surface area contributed by atoms with Crippen molar-refractivity contribution in [3.8, 4) is 0 Å². The largest absolute Gasteiger partial charge is 0.265 e. The first-order chi connectivity index (χ1) is 10.3. The molecule has 1 aromatic heterocycles. The molecule has 0 aliphatic rings. The van der Waals surface area contributed by atoms with E-state index in [2.05, 4.69) is 28.8 Å². The summed E-state index contributed by atoms with van der Waals surface area (Å²) in [5.74, 6) is 1.40. The molecule has 1 heterocycles. The first kappa shape index (κ1) is 17.8. The topological polar surface area (TPSA) is 72.0 Å². The molecule has 22 heavy (non-hydrogen) atoms. The van der Waals surface area contributed by atoms with E-state index >= 15 is 0 Å². The van der Waals surface area contributed by atoms with Crippen LogP contribution in [0.2, 0.25) is 10.0 Å². The summed E-state index contributed by atoms with van der Waals surface area (Å²) in [5, 5.41) is 8.37. The van der Waals surface area contributed by atoms with Crippen molar-refractivity contribution >= 4 is 61.5 Å². The summed E-state index contributed by atoms with van der Waals surface area (Å²) < 4.78 is 27.7. The lowest BCUT2D eigenvalue weighted by Crippen LogP contribution is -2.13. The maximum atomic E-state index is 12.3. The number of halogens is 2. The number of anilines is 1. The molecule has 1 N–H and O–H groups in total. The molecule has 0 bridgehead atoms. The Labute approximate surface area is 147 Å². The second-order valence-electron chi connectivity index (χ2n) is 4.76. The highest BCUT2D eigenvalue weighted by atomic mass is 35.5. The molecule has 2 rings (SSSR count). The summed E-state index contributed by atoms with van der Waals surface area (Å²) in [6, 6.07) is 4.25. The number of thioether (sulfide) groups is 1. The molecule has 0 radical (unpaired) electrons. The lowest BCUT2D eigenvalue weighted by atomic mass is 10.3. The molecule has 0 unspecified atom stereocenters. The van der Waals surface area contributed by atoms with Crippen molar-refractivity contribution in [1.82, 2.24) is 10.2 Å². The van der Waals surface area contributed by atoms with Gasteiger partial charge in [0.05, 0.1) is 5.02 Å². The maximum Gasteiger partial charge on any atom is 0.265 e. The fourth-order valence-corrected chi connectivity index (χ4v) is 5.12. The van der Waals surface area contributed by atoms with Gasteiger partial charge < -0.3 is 0 Å². The summed E-state index contributed by atoms with van der Waals surface area (Å²) in [6.07, 6.45) is 0. The molecular weight excluding hydrogens is 385 g/mol. The Balaban J connectivity index is 2.17. The monoisotopic (exact) mass is 397 g/mol. The average molecular weight is 398 g/mol. The van der Waals surface area contributed by atoms with Gasteiger partial charge in [-0.1, -0.05) is 60.1 Å². The zero-order valence-electron chi connectivity index (χ0n) is 11.7. The smallest absolute Gasteiger partial charge is 0.253 e.